The lowest BCUT2D eigenvalue weighted by atomic mass is 10.2. The lowest BCUT2D eigenvalue weighted by molar-refractivity contribution is 0.271. The Balaban J connectivity index is 2.96. The van der Waals surface area contributed by atoms with Crippen LogP contribution in [0.3, 0.4) is 0 Å². The maximum Gasteiger partial charge on any atom is 0.229 e. The first kappa shape index (κ1) is 17.4. The molecule has 1 aromatic heterocycles. The molecule has 7 heteroatoms. The SMILES string of the molecule is CCC(C)Nc1nc(NC(C)C)nc(N[C@H](CC)CO)n1. The second kappa shape index (κ2) is 8.61. The van der Waals surface area contributed by atoms with Gasteiger partial charge in [-0.3, -0.25) is 0 Å². The van der Waals surface area contributed by atoms with Crippen LogP contribution in [0.15, 0.2) is 0 Å². The Morgan fingerprint density at radius 1 is 0.857 bits per heavy atom. The molecular formula is C14H28N6O. The van der Waals surface area contributed by atoms with E-state index in [4.69, 9.17) is 0 Å². The molecular weight excluding hydrogens is 268 g/mol. The number of aromatic nitrogens is 3. The highest BCUT2D eigenvalue weighted by Crippen LogP contribution is 2.13. The highest BCUT2D eigenvalue weighted by Gasteiger charge is 2.12. The predicted octanol–water partition coefficient (Wildman–Crippen LogP) is 2.09. The third-order valence-electron chi connectivity index (χ3n) is 3.09. The molecule has 0 fully saturated rings. The summed E-state index contributed by atoms with van der Waals surface area (Å²) >= 11 is 0. The van der Waals surface area contributed by atoms with E-state index in [0.29, 0.717) is 17.8 Å². The van der Waals surface area contributed by atoms with Crippen LogP contribution >= 0.6 is 0 Å². The van der Waals surface area contributed by atoms with Gasteiger partial charge in [-0.2, -0.15) is 15.0 Å². The Hall–Kier alpha value is -1.63. The molecule has 1 heterocycles. The van der Waals surface area contributed by atoms with Crippen LogP contribution in [-0.4, -0.2) is 44.8 Å². The highest BCUT2D eigenvalue weighted by atomic mass is 16.3. The Labute approximate surface area is 127 Å². The minimum atomic E-state index is -0.0595. The lowest BCUT2D eigenvalue weighted by Gasteiger charge is -2.17. The summed E-state index contributed by atoms with van der Waals surface area (Å²) in [5, 5.41) is 18.9. The van der Waals surface area contributed by atoms with Crippen LogP contribution in [-0.2, 0) is 0 Å². The zero-order chi connectivity index (χ0) is 15.8. The zero-order valence-corrected chi connectivity index (χ0v) is 13.6. The van der Waals surface area contributed by atoms with Gasteiger partial charge in [0.25, 0.3) is 0 Å². The molecule has 1 unspecified atom stereocenters. The van der Waals surface area contributed by atoms with Gasteiger partial charge >= 0.3 is 0 Å². The molecule has 1 rings (SSSR count). The molecule has 1 aromatic rings. The lowest BCUT2D eigenvalue weighted by Crippen LogP contribution is -2.26. The van der Waals surface area contributed by atoms with Crippen LogP contribution in [0.1, 0.15) is 47.5 Å². The van der Waals surface area contributed by atoms with Gasteiger partial charge in [-0.05, 0) is 33.6 Å². The van der Waals surface area contributed by atoms with E-state index in [0.717, 1.165) is 12.8 Å². The van der Waals surface area contributed by atoms with Gasteiger partial charge in [0.2, 0.25) is 17.8 Å². The third-order valence-corrected chi connectivity index (χ3v) is 3.09. The fourth-order valence-corrected chi connectivity index (χ4v) is 1.61. The van der Waals surface area contributed by atoms with Crippen molar-refractivity contribution in [3.8, 4) is 0 Å². The van der Waals surface area contributed by atoms with Crippen molar-refractivity contribution in [1.82, 2.24) is 15.0 Å². The first-order valence-corrected chi connectivity index (χ1v) is 7.64. The van der Waals surface area contributed by atoms with Crippen molar-refractivity contribution in [3.63, 3.8) is 0 Å². The monoisotopic (exact) mass is 296 g/mol. The molecule has 0 aliphatic carbocycles. The van der Waals surface area contributed by atoms with Gasteiger partial charge in [-0.15, -0.1) is 0 Å². The summed E-state index contributed by atoms with van der Waals surface area (Å²) in [6.45, 7) is 10.3. The van der Waals surface area contributed by atoms with E-state index in [1.54, 1.807) is 0 Å². The fraction of sp³-hybridized carbons (Fsp3) is 0.786. The molecule has 0 radical (unpaired) electrons. The van der Waals surface area contributed by atoms with E-state index in [2.05, 4.69) is 44.7 Å². The molecule has 0 saturated heterocycles. The molecule has 0 saturated carbocycles. The standard InChI is InChI=1S/C14H28N6O/c1-6-10(5)16-13-18-12(15-9(3)4)19-14(20-13)17-11(7-2)8-21/h9-11,21H,6-8H2,1-5H3,(H3,15,16,17,18,19,20)/t10?,11-/m1/s1. The van der Waals surface area contributed by atoms with E-state index < -0.39 is 0 Å². The number of hydrogen-bond acceptors (Lipinski definition) is 7. The Morgan fingerprint density at radius 3 is 1.81 bits per heavy atom. The van der Waals surface area contributed by atoms with Crippen molar-refractivity contribution in [2.75, 3.05) is 22.6 Å². The third kappa shape index (κ3) is 6.12. The maximum atomic E-state index is 9.29. The first-order chi connectivity index (χ1) is 9.98. The van der Waals surface area contributed by atoms with Crippen LogP contribution in [0.4, 0.5) is 17.8 Å². The highest BCUT2D eigenvalue weighted by molar-refractivity contribution is 5.43. The number of hydrogen-bond donors (Lipinski definition) is 4. The molecule has 2 atom stereocenters. The van der Waals surface area contributed by atoms with Crippen LogP contribution in [0.2, 0.25) is 0 Å². The Bertz CT molecular complexity index is 422. The van der Waals surface area contributed by atoms with Gasteiger partial charge in [-0.25, -0.2) is 0 Å². The number of anilines is 3. The van der Waals surface area contributed by atoms with Crippen LogP contribution in [0.5, 0.6) is 0 Å². The molecule has 0 spiro atoms. The topological polar surface area (TPSA) is 95.0 Å². The summed E-state index contributed by atoms with van der Waals surface area (Å²) in [7, 11) is 0. The summed E-state index contributed by atoms with van der Waals surface area (Å²) in [4.78, 5) is 13.1. The zero-order valence-electron chi connectivity index (χ0n) is 13.6. The number of aliphatic hydroxyl groups excluding tert-OH is 1. The molecule has 0 aliphatic rings. The second-order valence-electron chi connectivity index (χ2n) is 5.49. The number of rotatable bonds is 9. The average molecular weight is 296 g/mol. The van der Waals surface area contributed by atoms with Crippen molar-refractivity contribution < 1.29 is 5.11 Å². The predicted molar refractivity (Wildman–Crippen MR) is 86.7 cm³/mol. The maximum absolute atomic E-state index is 9.29. The second-order valence-corrected chi connectivity index (χ2v) is 5.49. The Morgan fingerprint density at radius 2 is 1.38 bits per heavy atom. The van der Waals surface area contributed by atoms with E-state index in [-0.39, 0.29) is 24.7 Å². The minimum absolute atomic E-state index is 0.0449. The van der Waals surface area contributed by atoms with Gasteiger partial charge in [0.1, 0.15) is 0 Å². The normalized spacial score (nSPS) is 13.9. The van der Waals surface area contributed by atoms with Crippen LogP contribution < -0.4 is 16.0 Å². The molecule has 0 aliphatic heterocycles. The van der Waals surface area contributed by atoms with Gasteiger partial charge in [0.05, 0.1) is 12.6 Å². The van der Waals surface area contributed by atoms with Crippen molar-refractivity contribution in [2.45, 2.75) is 65.6 Å². The fourth-order valence-electron chi connectivity index (χ4n) is 1.61. The van der Waals surface area contributed by atoms with E-state index >= 15 is 0 Å². The number of nitrogens with zero attached hydrogens (tertiary/aromatic N) is 3. The molecule has 7 nitrogen and oxygen atoms in total. The van der Waals surface area contributed by atoms with E-state index in [1.165, 1.54) is 0 Å². The molecule has 21 heavy (non-hydrogen) atoms. The average Bonchev–Trinajstić information content (AvgIpc) is 2.43. The molecule has 120 valence electrons. The summed E-state index contributed by atoms with van der Waals surface area (Å²) in [6.07, 6.45) is 1.78. The van der Waals surface area contributed by atoms with Crippen molar-refractivity contribution in [1.29, 1.82) is 0 Å². The van der Waals surface area contributed by atoms with Gasteiger partial charge in [0.15, 0.2) is 0 Å². The van der Waals surface area contributed by atoms with Crippen molar-refractivity contribution >= 4 is 17.8 Å². The number of nitrogens with one attached hydrogen (secondary N) is 3. The van der Waals surface area contributed by atoms with Crippen molar-refractivity contribution in [3.05, 3.63) is 0 Å². The smallest absolute Gasteiger partial charge is 0.229 e. The molecule has 0 amide bonds. The summed E-state index contributed by atoms with van der Waals surface area (Å²) in [5.74, 6) is 1.54. The van der Waals surface area contributed by atoms with Gasteiger partial charge < -0.3 is 21.1 Å². The van der Waals surface area contributed by atoms with Crippen LogP contribution in [0.25, 0.3) is 0 Å². The molecule has 0 aromatic carbocycles. The van der Waals surface area contributed by atoms with Gasteiger partial charge in [-0.1, -0.05) is 13.8 Å². The Kier molecular flexibility index (Phi) is 7.14. The van der Waals surface area contributed by atoms with Crippen molar-refractivity contribution in [2.24, 2.45) is 0 Å². The summed E-state index contributed by atoms with van der Waals surface area (Å²) < 4.78 is 0. The van der Waals surface area contributed by atoms with Gasteiger partial charge in [0, 0.05) is 12.1 Å². The number of aliphatic hydroxyl groups is 1. The molecule has 0 bridgehead atoms. The van der Waals surface area contributed by atoms with Crippen LogP contribution in [0, 0.1) is 0 Å². The quantitative estimate of drug-likeness (QED) is 0.554. The minimum Gasteiger partial charge on any atom is -0.394 e. The largest absolute Gasteiger partial charge is 0.394 e. The summed E-state index contributed by atoms with van der Waals surface area (Å²) in [5.41, 5.74) is 0. The van der Waals surface area contributed by atoms with E-state index in [9.17, 15) is 5.11 Å². The summed E-state index contributed by atoms with van der Waals surface area (Å²) in [6, 6.07) is 0.458. The van der Waals surface area contributed by atoms with E-state index in [1.807, 2.05) is 20.8 Å². The molecule has 4 N–H and O–H groups in total. The first-order valence-electron chi connectivity index (χ1n) is 7.64.